The molecule has 74 valence electrons. The second-order valence-corrected chi connectivity index (χ2v) is 2.52. The van der Waals surface area contributed by atoms with Gasteiger partial charge in [-0.05, 0) is 12.1 Å². The fourth-order valence-electron chi connectivity index (χ4n) is 0.955. The third-order valence-corrected chi connectivity index (χ3v) is 1.49. The third kappa shape index (κ3) is 2.13. The molecule has 0 saturated heterocycles. The Hall–Kier alpha value is -2.24. The lowest BCUT2D eigenvalue weighted by molar-refractivity contribution is 0.0698. The molecule has 0 fully saturated rings. The molecule has 6 nitrogen and oxygen atoms in total. The molecule has 0 saturated carbocycles. The summed E-state index contributed by atoms with van der Waals surface area (Å²) in [7, 11) is 0. The van der Waals surface area contributed by atoms with Crippen LogP contribution in [0.15, 0.2) is 18.2 Å². The van der Waals surface area contributed by atoms with Gasteiger partial charge >= 0.3 is 12.0 Å². The molecule has 0 aliphatic rings. The van der Waals surface area contributed by atoms with E-state index in [4.69, 9.17) is 15.9 Å². The van der Waals surface area contributed by atoms with E-state index in [0.29, 0.717) is 0 Å². The van der Waals surface area contributed by atoms with Crippen molar-refractivity contribution in [3.05, 3.63) is 23.8 Å². The van der Waals surface area contributed by atoms with Gasteiger partial charge in [0.15, 0.2) is 0 Å². The molecule has 0 aromatic heterocycles. The van der Waals surface area contributed by atoms with Gasteiger partial charge in [0.05, 0.1) is 11.3 Å². The number of anilines is 1. The van der Waals surface area contributed by atoms with Crippen molar-refractivity contribution in [2.75, 3.05) is 5.32 Å². The first-order valence-corrected chi connectivity index (χ1v) is 3.63. The SMILES string of the molecule is NC(=O)Nc1cc(O)ccc1C(=O)O. The summed E-state index contributed by atoms with van der Waals surface area (Å²) in [5.41, 5.74) is 4.64. The van der Waals surface area contributed by atoms with E-state index in [1.807, 2.05) is 0 Å². The molecule has 5 N–H and O–H groups in total. The maximum Gasteiger partial charge on any atom is 0.337 e. The lowest BCUT2D eigenvalue weighted by atomic mass is 10.1. The molecule has 14 heavy (non-hydrogen) atoms. The van der Waals surface area contributed by atoms with Crippen LogP contribution in [0.4, 0.5) is 10.5 Å². The number of hydrogen-bond acceptors (Lipinski definition) is 3. The summed E-state index contributed by atoms with van der Waals surface area (Å²) in [5, 5.41) is 19.8. The van der Waals surface area contributed by atoms with Crippen LogP contribution in [0.1, 0.15) is 10.4 Å². The highest BCUT2D eigenvalue weighted by atomic mass is 16.4. The predicted molar refractivity (Wildman–Crippen MR) is 48.3 cm³/mol. The van der Waals surface area contributed by atoms with Gasteiger partial charge < -0.3 is 21.3 Å². The van der Waals surface area contributed by atoms with Gasteiger partial charge in [0.25, 0.3) is 0 Å². The Morgan fingerprint density at radius 1 is 1.36 bits per heavy atom. The number of rotatable bonds is 2. The van der Waals surface area contributed by atoms with Gasteiger partial charge in [0.1, 0.15) is 5.75 Å². The molecule has 1 aromatic carbocycles. The number of phenolic OH excluding ortho intramolecular Hbond substituents is 1. The summed E-state index contributed by atoms with van der Waals surface area (Å²) in [4.78, 5) is 21.1. The smallest absolute Gasteiger partial charge is 0.337 e. The van der Waals surface area contributed by atoms with Crippen LogP contribution < -0.4 is 11.1 Å². The Kier molecular flexibility index (Phi) is 2.57. The Bertz CT molecular complexity index is 389. The number of benzene rings is 1. The average Bonchev–Trinajstić information content (AvgIpc) is 2.01. The summed E-state index contributed by atoms with van der Waals surface area (Å²) in [5.74, 6) is -1.37. The highest BCUT2D eigenvalue weighted by Gasteiger charge is 2.11. The zero-order valence-electron chi connectivity index (χ0n) is 7.02. The van der Waals surface area contributed by atoms with Crippen LogP contribution in [0.5, 0.6) is 5.75 Å². The van der Waals surface area contributed by atoms with Gasteiger partial charge in [0.2, 0.25) is 0 Å². The number of aromatic carboxylic acids is 1. The van der Waals surface area contributed by atoms with E-state index >= 15 is 0 Å². The van der Waals surface area contributed by atoms with Crippen molar-refractivity contribution in [2.24, 2.45) is 5.73 Å². The lowest BCUT2D eigenvalue weighted by Gasteiger charge is -2.05. The van der Waals surface area contributed by atoms with Crippen molar-refractivity contribution in [1.82, 2.24) is 0 Å². The van der Waals surface area contributed by atoms with Crippen molar-refractivity contribution in [3.8, 4) is 5.75 Å². The number of nitrogens with one attached hydrogen (secondary N) is 1. The van der Waals surface area contributed by atoms with Crippen LogP contribution in [0, 0.1) is 0 Å². The van der Waals surface area contributed by atoms with E-state index in [1.165, 1.54) is 12.1 Å². The maximum absolute atomic E-state index is 10.6. The molecular formula is C8H8N2O4. The van der Waals surface area contributed by atoms with Gasteiger partial charge in [-0.1, -0.05) is 0 Å². The van der Waals surface area contributed by atoms with Gasteiger partial charge in [-0.2, -0.15) is 0 Å². The van der Waals surface area contributed by atoms with E-state index in [0.717, 1.165) is 6.07 Å². The molecule has 0 radical (unpaired) electrons. The fourth-order valence-corrected chi connectivity index (χ4v) is 0.955. The van der Waals surface area contributed by atoms with Gasteiger partial charge in [-0.25, -0.2) is 9.59 Å². The van der Waals surface area contributed by atoms with Gasteiger partial charge in [-0.3, -0.25) is 0 Å². The molecular weight excluding hydrogens is 188 g/mol. The van der Waals surface area contributed by atoms with E-state index in [2.05, 4.69) is 5.32 Å². The van der Waals surface area contributed by atoms with Crippen molar-refractivity contribution >= 4 is 17.7 Å². The van der Waals surface area contributed by atoms with Crippen molar-refractivity contribution in [1.29, 1.82) is 0 Å². The van der Waals surface area contributed by atoms with E-state index in [-0.39, 0.29) is 17.0 Å². The Morgan fingerprint density at radius 2 is 2.00 bits per heavy atom. The quantitative estimate of drug-likeness (QED) is 0.554. The van der Waals surface area contributed by atoms with Gasteiger partial charge in [0, 0.05) is 6.07 Å². The Labute approximate surface area is 79.0 Å². The highest BCUT2D eigenvalue weighted by Crippen LogP contribution is 2.21. The van der Waals surface area contributed by atoms with Crippen LogP contribution in [-0.4, -0.2) is 22.2 Å². The number of primary amides is 1. The normalized spacial score (nSPS) is 9.43. The number of carboxylic acids is 1. The average molecular weight is 196 g/mol. The van der Waals surface area contributed by atoms with Gasteiger partial charge in [-0.15, -0.1) is 0 Å². The zero-order valence-corrected chi connectivity index (χ0v) is 7.02. The molecule has 0 atom stereocenters. The molecule has 6 heteroatoms. The number of urea groups is 1. The molecule has 2 amide bonds. The summed E-state index contributed by atoms with van der Waals surface area (Å²) in [6, 6.07) is 2.59. The van der Waals surface area contributed by atoms with Crippen molar-refractivity contribution in [3.63, 3.8) is 0 Å². The molecule has 0 unspecified atom stereocenters. The summed E-state index contributed by atoms with van der Waals surface area (Å²) in [6.45, 7) is 0. The van der Waals surface area contributed by atoms with E-state index < -0.39 is 12.0 Å². The first-order valence-electron chi connectivity index (χ1n) is 3.63. The summed E-state index contributed by atoms with van der Waals surface area (Å²) in [6.07, 6.45) is 0. The Balaban J connectivity index is 3.15. The van der Waals surface area contributed by atoms with E-state index in [9.17, 15) is 9.59 Å². The molecule has 0 spiro atoms. The van der Waals surface area contributed by atoms with Crippen molar-refractivity contribution in [2.45, 2.75) is 0 Å². The number of carbonyl (C=O) groups excluding carboxylic acids is 1. The monoisotopic (exact) mass is 196 g/mol. The number of carboxylic acid groups (broad SMARTS) is 1. The molecule has 1 aromatic rings. The Morgan fingerprint density at radius 3 is 2.50 bits per heavy atom. The minimum atomic E-state index is -1.21. The molecule has 0 aliphatic heterocycles. The minimum absolute atomic E-state index is 0.0370. The third-order valence-electron chi connectivity index (χ3n) is 1.49. The predicted octanol–water partition coefficient (Wildman–Crippen LogP) is 0.581. The molecule has 0 aliphatic carbocycles. The lowest BCUT2D eigenvalue weighted by Crippen LogP contribution is -2.20. The number of phenols is 1. The highest BCUT2D eigenvalue weighted by molar-refractivity contribution is 5.99. The van der Waals surface area contributed by atoms with E-state index in [1.54, 1.807) is 0 Å². The molecule has 0 heterocycles. The fraction of sp³-hybridized carbons (Fsp3) is 0. The second-order valence-electron chi connectivity index (χ2n) is 2.52. The minimum Gasteiger partial charge on any atom is -0.508 e. The second kappa shape index (κ2) is 3.65. The number of hydrogen-bond donors (Lipinski definition) is 4. The first-order chi connectivity index (χ1) is 6.50. The summed E-state index contributed by atoms with van der Waals surface area (Å²) < 4.78 is 0. The molecule has 0 bridgehead atoms. The first kappa shape index (κ1) is 9.85. The van der Waals surface area contributed by atoms with Crippen LogP contribution in [0.25, 0.3) is 0 Å². The van der Waals surface area contributed by atoms with Crippen LogP contribution in [0.2, 0.25) is 0 Å². The number of carbonyl (C=O) groups is 2. The largest absolute Gasteiger partial charge is 0.508 e. The van der Waals surface area contributed by atoms with Crippen molar-refractivity contribution < 1.29 is 19.8 Å². The summed E-state index contributed by atoms with van der Waals surface area (Å²) >= 11 is 0. The number of amides is 2. The zero-order chi connectivity index (χ0) is 10.7. The van der Waals surface area contributed by atoms with Crippen LogP contribution >= 0.6 is 0 Å². The maximum atomic E-state index is 10.6. The topological polar surface area (TPSA) is 113 Å². The standard InChI is InChI=1S/C8H8N2O4/c9-8(14)10-6-3-4(11)1-2-5(6)7(12)13/h1-3,11H,(H,12,13)(H3,9,10,14). The number of aromatic hydroxyl groups is 1. The van der Waals surface area contributed by atoms with Crippen LogP contribution in [-0.2, 0) is 0 Å². The van der Waals surface area contributed by atoms with Crippen LogP contribution in [0.3, 0.4) is 0 Å². The molecule has 1 rings (SSSR count). The number of nitrogens with two attached hydrogens (primary N) is 1.